The number of thioether (sulfide) groups is 1. The van der Waals surface area contributed by atoms with Gasteiger partial charge in [0.05, 0.1) is 12.9 Å². The minimum absolute atomic E-state index is 0.0966. The van der Waals surface area contributed by atoms with Crippen molar-refractivity contribution in [2.45, 2.75) is 23.8 Å². The lowest BCUT2D eigenvalue weighted by atomic mass is 10.0. The maximum absolute atomic E-state index is 6.15. The van der Waals surface area contributed by atoms with Crippen LogP contribution in [0.3, 0.4) is 0 Å². The van der Waals surface area contributed by atoms with Gasteiger partial charge in [-0.05, 0) is 36.6 Å². The highest BCUT2D eigenvalue weighted by Crippen LogP contribution is 2.24. The summed E-state index contributed by atoms with van der Waals surface area (Å²) >= 11 is 5.25. The summed E-state index contributed by atoms with van der Waals surface area (Å²) in [5.74, 6) is 0.894. The molecule has 1 aliphatic rings. The van der Waals surface area contributed by atoms with Crippen molar-refractivity contribution >= 4 is 27.7 Å². The molecular weight excluding hydrogens is 298 g/mol. The Balaban J connectivity index is 1.87. The number of nitrogens with two attached hydrogens (primary N) is 1. The van der Waals surface area contributed by atoms with Crippen molar-refractivity contribution < 1.29 is 4.74 Å². The van der Waals surface area contributed by atoms with E-state index in [9.17, 15) is 0 Å². The van der Waals surface area contributed by atoms with Gasteiger partial charge in [0.1, 0.15) is 0 Å². The molecule has 0 aliphatic carbocycles. The number of hydrogen-bond donors (Lipinski definition) is 1. The van der Waals surface area contributed by atoms with Crippen LogP contribution in [0.1, 0.15) is 12.8 Å². The highest BCUT2D eigenvalue weighted by molar-refractivity contribution is 9.10. The minimum Gasteiger partial charge on any atom is -0.501 e. The SMILES string of the molecule is NC(CSc1cccc(Br)c1)C1=COCCC1. The molecule has 1 atom stereocenters. The first-order valence-electron chi connectivity index (χ1n) is 5.70. The van der Waals surface area contributed by atoms with E-state index >= 15 is 0 Å². The van der Waals surface area contributed by atoms with E-state index in [0.29, 0.717) is 0 Å². The summed E-state index contributed by atoms with van der Waals surface area (Å²) in [4.78, 5) is 1.24. The zero-order valence-electron chi connectivity index (χ0n) is 9.56. The Morgan fingerprint density at radius 2 is 2.35 bits per heavy atom. The van der Waals surface area contributed by atoms with Gasteiger partial charge < -0.3 is 10.5 Å². The fourth-order valence-corrected chi connectivity index (χ4v) is 3.23. The average Bonchev–Trinajstić information content (AvgIpc) is 2.37. The molecule has 0 bridgehead atoms. The molecule has 0 saturated carbocycles. The summed E-state index contributed by atoms with van der Waals surface area (Å²) < 4.78 is 6.42. The molecule has 0 fully saturated rings. The van der Waals surface area contributed by atoms with Gasteiger partial charge in [-0.2, -0.15) is 0 Å². The van der Waals surface area contributed by atoms with Crippen LogP contribution in [0.4, 0.5) is 0 Å². The highest BCUT2D eigenvalue weighted by atomic mass is 79.9. The number of benzene rings is 1. The van der Waals surface area contributed by atoms with Crippen molar-refractivity contribution in [3.63, 3.8) is 0 Å². The molecule has 1 aliphatic heterocycles. The molecule has 92 valence electrons. The monoisotopic (exact) mass is 313 g/mol. The van der Waals surface area contributed by atoms with Crippen LogP contribution in [0, 0.1) is 0 Å². The van der Waals surface area contributed by atoms with Crippen molar-refractivity contribution in [3.05, 3.63) is 40.6 Å². The van der Waals surface area contributed by atoms with E-state index in [-0.39, 0.29) is 6.04 Å². The van der Waals surface area contributed by atoms with E-state index in [1.807, 2.05) is 18.4 Å². The van der Waals surface area contributed by atoms with E-state index in [0.717, 1.165) is 29.7 Å². The molecule has 1 heterocycles. The minimum atomic E-state index is 0.0966. The number of rotatable bonds is 4. The van der Waals surface area contributed by atoms with Crippen LogP contribution >= 0.6 is 27.7 Å². The second kappa shape index (κ2) is 6.47. The molecule has 0 aromatic heterocycles. The normalized spacial score (nSPS) is 17.2. The lowest BCUT2D eigenvalue weighted by Crippen LogP contribution is -2.27. The molecule has 0 amide bonds. The molecule has 0 radical (unpaired) electrons. The van der Waals surface area contributed by atoms with Gasteiger partial charge in [-0.3, -0.25) is 0 Å². The molecule has 17 heavy (non-hydrogen) atoms. The molecule has 2 rings (SSSR count). The fourth-order valence-electron chi connectivity index (χ4n) is 1.71. The van der Waals surface area contributed by atoms with Crippen molar-refractivity contribution in [2.75, 3.05) is 12.4 Å². The first kappa shape index (κ1) is 13.0. The summed E-state index contributed by atoms with van der Waals surface area (Å²) in [7, 11) is 0. The zero-order chi connectivity index (χ0) is 12.1. The van der Waals surface area contributed by atoms with Crippen LogP contribution in [0.15, 0.2) is 45.5 Å². The molecule has 1 aromatic rings. The van der Waals surface area contributed by atoms with E-state index in [1.54, 1.807) is 11.8 Å². The smallest absolute Gasteiger partial charge is 0.0876 e. The van der Waals surface area contributed by atoms with Crippen LogP contribution < -0.4 is 5.73 Å². The molecular formula is C13H16BrNOS. The van der Waals surface area contributed by atoms with Crippen LogP contribution in [0.2, 0.25) is 0 Å². The fraction of sp³-hybridized carbons (Fsp3) is 0.385. The average molecular weight is 314 g/mol. The summed E-state index contributed by atoms with van der Waals surface area (Å²) in [5.41, 5.74) is 7.39. The predicted molar refractivity (Wildman–Crippen MR) is 76.1 cm³/mol. The van der Waals surface area contributed by atoms with Crippen LogP contribution in [0.5, 0.6) is 0 Å². The maximum atomic E-state index is 6.15. The number of halogens is 1. The lowest BCUT2D eigenvalue weighted by Gasteiger charge is -2.19. The Morgan fingerprint density at radius 1 is 1.47 bits per heavy atom. The van der Waals surface area contributed by atoms with Crippen molar-refractivity contribution in [1.29, 1.82) is 0 Å². The van der Waals surface area contributed by atoms with E-state index in [4.69, 9.17) is 10.5 Å². The first-order valence-corrected chi connectivity index (χ1v) is 7.48. The van der Waals surface area contributed by atoms with Crippen LogP contribution in [-0.4, -0.2) is 18.4 Å². The molecule has 0 saturated heterocycles. The third kappa shape index (κ3) is 4.05. The van der Waals surface area contributed by atoms with Gasteiger partial charge in [0.25, 0.3) is 0 Å². The molecule has 0 spiro atoms. The summed E-state index contributed by atoms with van der Waals surface area (Å²) in [5, 5.41) is 0. The Morgan fingerprint density at radius 3 is 3.06 bits per heavy atom. The van der Waals surface area contributed by atoms with E-state index < -0.39 is 0 Å². The second-order valence-corrected chi connectivity index (χ2v) is 6.05. The maximum Gasteiger partial charge on any atom is 0.0876 e. The van der Waals surface area contributed by atoms with E-state index in [1.165, 1.54) is 10.5 Å². The van der Waals surface area contributed by atoms with Crippen molar-refractivity contribution in [3.8, 4) is 0 Å². The second-order valence-electron chi connectivity index (χ2n) is 4.04. The Kier molecular flexibility index (Phi) is 4.95. The predicted octanol–water partition coefficient (Wildman–Crippen LogP) is 3.56. The third-order valence-corrected chi connectivity index (χ3v) is 4.27. The van der Waals surface area contributed by atoms with Crippen LogP contribution in [0.25, 0.3) is 0 Å². The molecule has 4 heteroatoms. The summed E-state index contributed by atoms with van der Waals surface area (Å²) in [6, 6.07) is 8.39. The molecule has 1 unspecified atom stereocenters. The summed E-state index contributed by atoms with van der Waals surface area (Å²) in [6.45, 7) is 0.828. The largest absolute Gasteiger partial charge is 0.501 e. The van der Waals surface area contributed by atoms with Gasteiger partial charge in [0.15, 0.2) is 0 Å². The quantitative estimate of drug-likeness (QED) is 0.863. The highest BCUT2D eigenvalue weighted by Gasteiger charge is 2.13. The van der Waals surface area contributed by atoms with Gasteiger partial charge in [-0.15, -0.1) is 11.8 Å². The van der Waals surface area contributed by atoms with Gasteiger partial charge in [-0.1, -0.05) is 22.0 Å². The molecule has 2 N–H and O–H groups in total. The van der Waals surface area contributed by atoms with Crippen molar-refractivity contribution in [2.24, 2.45) is 5.73 Å². The third-order valence-electron chi connectivity index (χ3n) is 2.66. The number of hydrogen-bond acceptors (Lipinski definition) is 3. The Labute approximate surface area is 115 Å². The van der Waals surface area contributed by atoms with Gasteiger partial charge in [-0.25, -0.2) is 0 Å². The zero-order valence-corrected chi connectivity index (χ0v) is 12.0. The lowest BCUT2D eigenvalue weighted by molar-refractivity contribution is 0.222. The van der Waals surface area contributed by atoms with E-state index in [2.05, 4.69) is 28.1 Å². The van der Waals surface area contributed by atoms with Crippen LogP contribution in [-0.2, 0) is 4.74 Å². The molecule has 1 aromatic carbocycles. The number of ether oxygens (including phenoxy) is 1. The Bertz CT molecular complexity index is 408. The van der Waals surface area contributed by atoms with Gasteiger partial charge in [0.2, 0.25) is 0 Å². The standard InChI is InChI=1S/C13H16BrNOS/c14-11-4-1-5-12(7-11)17-9-13(15)10-3-2-6-16-8-10/h1,4-5,7-8,13H,2-3,6,9,15H2. The first-order chi connectivity index (χ1) is 8.25. The molecule has 2 nitrogen and oxygen atoms in total. The van der Waals surface area contributed by atoms with Gasteiger partial charge in [0, 0.05) is 21.2 Å². The Hall–Kier alpha value is -0.450. The topological polar surface area (TPSA) is 35.2 Å². The summed E-state index contributed by atoms with van der Waals surface area (Å²) in [6.07, 6.45) is 4.00. The van der Waals surface area contributed by atoms with Crippen molar-refractivity contribution in [1.82, 2.24) is 0 Å². The van der Waals surface area contributed by atoms with Gasteiger partial charge >= 0.3 is 0 Å².